The molecule has 2 amide bonds. The van der Waals surface area contributed by atoms with Crippen LogP contribution in [0.4, 0.5) is 14.9 Å². The molecule has 1 aliphatic rings. The third-order valence-corrected chi connectivity index (χ3v) is 3.64. The van der Waals surface area contributed by atoms with Crippen LogP contribution in [-0.2, 0) is 0 Å². The maximum atomic E-state index is 12.9. The van der Waals surface area contributed by atoms with Gasteiger partial charge in [0.05, 0.1) is 13.7 Å². The Morgan fingerprint density at radius 2 is 1.92 bits per heavy atom. The molecule has 1 N–H and O–H groups in total. The van der Waals surface area contributed by atoms with Gasteiger partial charge in [-0.15, -0.1) is 10.2 Å². The van der Waals surface area contributed by atoms with Gasteiger partial charge in [-0.2, -0.15) is 0 Å². The lowest BCUT2D eigenvalue weighted by Crippen LogP contribution is -2.34. The van der Waals surface area contributed by atoms with E-state index >= 15 is 0 Å². The Bertz CT molecular complexity index is 693. The zero-order valence-corrected chi connectivity index (χ0v) is 13.1. The van der Waals surface area contributed by atoms with Crippen molar-refractivity contribution >= 4 is 11.7 Å². The highest BCUT2D eigenvalue weighted by Crippen LogP contribution is 2.18. The van der Waals surface area contributed by atoms with Gasteiger partial charge in [-0.1, -0.05) is 0 Å². The number of halogens is 1. The third kappa shape index (κ3) is 3.89. The molecule has 1 fully saturated rings. The van der Waals surface area contributed by atoms with Crippen molar-refractivity contribution < 1.29 is 18.7 Å². The molecule has 24 heavy (non-hydrogen) atoms. The summed E-state index contributed by atoms with van der Waals surface area (Å²) >= 11 is 0. The first-order valence-corrected chi connectivity index (χ1v) is 7.50. The SMILES string of the molecule is COc1ccc(OC2CCN(C(=O)Nc3ccc(F)cc3)C2)nn1. The normalized spacial score (nSPS) is 16.8. The van der Waals surface area contributed by atoms with Gasteiger partial charge in [0.1, 0.15) is 11.9 Å². The molecule has 0 radical (unpaired) electrons. The summed E-state index contributed by atoms with van der Waals surface area (Å²) in [6.45, 7) is 1.02. The second kappa shape index (κ2) is 7.12. The number of nitrogens with zero attached hydrogens (tertiary/aromatic N) is 3. The number of benzene rings is 1. The summed E-state index contributed by atoms with van der Waals surface area (Å²) in [6.07, 6.45) is 0.552. The number of nitrogens with one attached hydrogen (secondary N) is 1. The number of carbonyl (C=O) groups is 1. The lowest BCUT2D eigenvalue weighted by molar-refractivity contribution is 0.188. The summed E-state index contributed by atoms with van der Waals surface area (Å²) in [6, 6.07) is 8.73. The molecule has 0 spiro atoms. The average Bonchev–Trinajstić information content (AvgIpc) is 3.06. The Balaban J connectivity index is 1.52. The number of anilines is 1. The van der Waals surface area contributed by atoms with Gasteiger partial charge in [-0.25, -0.2) is 9.18 Å². The number of aromatic nitrogens is 2. The zero-order valence-electron chi connectivity index (χ0n) is 13.1. The lowest BCUT2D eigenvalue weighted by Gasteiger charge is -2.17. The van der Waals surface area contributed by atoms with E-state index in [0.717, 1.165) is 0 Å². The molecule has 126 valence electrons. The first-order valence-electron chi connectivity index (χ1n) is 7.50. The number of hydrogen-bond acceptors (Lipinski definition) is 5. The molecule has 0 saturated carbocycles. The van der Waals surface area contributed by atoms with E-state index in [0.29, 0.717) is 37.0 Å². The molecule has 0 bridgehead atoms. The summed E-state index contributed by atoms with van der Waals surface area (Å²) in [7, 11) is 1.51. The molecule has 1 saturated heterocycles. The van der Waals surface area contributed by atoms with E-state index in [1.54, 1.807) is 17.0 Å². The minimum absolute atomic E-state index is 0.147. The van der Waals surface area contributed by atoms with Crippen LogP contribution in [0.15, 0.2) is 36.4 Å². The zero-order chi connectivity index (χ0) is 16.9. The summed E-state index contributed by atoms with van der Waals surface area (Å²) in [5, 5.41) is 10.5. The Labute approximate surface area is 138 Å². The standard InChI is InChI=1S/C16H17FN4O3/c1-23-14-6-7-15(20-19-14)24-13-8-9-21(10-13)16(22)18-12-4-2-11(17)3-5-12/h2-7,13H,8-10H2,1H3,(H,18,22). The van der Waals surface area contributed by atoms with Crippen LogP contribution in [-0.4, -0.2) is 47.4 Å². The van der Waals surface area contributed by atoms with Crippen molar-refractivity contribution in [2.24, 2.45) is 0 Å². The monoisotopic (exact) mass is 332 g/mol. The minimum atomic E-state index is -0.344. The maximum absolute atomic E-state index is 12.9. The Kier molecular flexibility index (Phi) is 4.74. The number of amides is 2. The van der Waals surface area contributed by atoms with E-state index in [2.05, 4.69) is 15.5 Å². The van der Waals surface area contributed by atoms with Crippen molar-refractivity contribution in [2.45, 2.75) is 12.5 Å². The van der Waals surface area contributed by atoms with E-state index in [4.69, 9.17) is 9.47 Å². The molecular weight excluding hydrogens is 315 g/mol. The predicted molar refractivity (Wildman–Crippen MR) is 84.6 cm³/mol. The smallest absolute Gasteiger partial charge is 0.321 e. The van der Waals surface area contributed by atoms with Crippen LogP contribution in [0.1, 0.15) is 6.42 Å². The van der Waals surface area contributed by atoms with E-state index in [9.17, 15) is 9.18 Å². The molecular formula is C16H17FN4O3. The lowest BCUT2D eigenvalue weighted by atomic mass is 10.3. The summed E-state index contributed by atoms with van der Waals surface area (Å²) < 4.78 is 23.5. The van der Waals surface area contributed by atoms with Crippen LogP contribution >= 0.6 is 0 Å². The fourth-order valence-electron chi connectivity index (χ4n) is 2.39. The van der Waals surface area contributed by atoms with Gasteiger partial charge in [0.25, 0.3) is 0 Å². The fourth-order valence-corrected chi connectivity index (χ4v) is 2.39. The largest absolute Gasteiger partial charge is 0.480 e. The van der Waals surface area contributed by atoms with Gasteiger partial charge in [-0.05, 0) is 24.3 Å². The Hall–Kier alpha value is -2.90. The van der Waals surface area contributed by atoms with Gasteiger partial charge < -0.3 is 19.7 Å². The van der Waals surface area contributed by atoms with E-state index in [-0.39, 0.29) is 18.0 Å². The number of methoxy groups -OCH3 is 1. The van der Waals surface area contributed by atoms with Crippen LogP contribution in [0.2, 0.25) is 0 Å². The van der Waals surface area contributed by atoms with Crippen molar-refractivity contribution in [1.29, 1.82) is 0 Å². The minimum Gasteiger partial charge on any atom is -0.480 e. The number of carbonyl (C=O) groups excluding carboxylic acids is 1. The van der Waals surface area contributed by atoms with Crippen LogP contribution < -0.4 is 14.8 Å². The Morgan fingerprint density at radius 3 is 2.58 bits per heavy atom. The molecule has 1 aromatic heterocycles. The van der Waals surface area contributed by atoms with Crippen LogP contribution in [0.25, 0.3) is 0 Å². The van der Waals surface area contributed by atoms with Crippen molar-refractivity contribution in [3.05, 3.63) is 42.2 Å². The van der Waals surface area contributed by atoms with Gasteiger partial charge >= 0.3 is 6.03 Å². The highest BCUT2D eigenvalue weighted by atomic mass is 19.1. The molecule has 1 aliphatic heterocycles. The van der Waals surface area contributed by atoms with Gasteiger partial charge in [0.15, 0.2) is 0 Å². The molecule has 7 nitrogen and oxygen atoms in total. The number of likely N-dealkylation sites (tertiary alicyclic amines) is 1. The topological polar surface area (TPSA) is 76.6 Å². The predicted octanol–water partition coefficient (Wildman–Crippen LogP) is 2.31. The second-order valence-corrected chi connectivity index (χ2v) is 5.33. The first kappa shape index (κ1) is 16.0. The van der Waals surface area contributed by atoms with Crippen molar-refractivity contribution in [3.63, 3.8) is 0 Å². The van der Waals surface area contributed by atoms with Gasteiger partial charge in [-0.3, -0.25) is 0 Å². The van der Waals surface area contributed by atoms with Crippen molar-refractivity contribution in [3.8, 4) is 11.8 Å². The van der Waals surface area contributed by atoms with E-state index in [1.807, 2.05) is 0 Å². The van der Waals surface area contributed by atoms with Crippen molar-refractivity contribution in [1.82, 2.24) is 15.1 Å². The molecule has 2 aromatic rings. The van der Waals surface area contributed by atoms with Crippen LogP contribution in [0, 0.1) is 5.82 Å². The van der Waals surface area contributed by atoms with Crippen molar-refractivity contribution in [2.75, 3.05) is 25.5 Å². The Morgan fingerprint density at radius 1 is 1.21 bits per heavy atom. The molecule has 2 heterocycles. The van der Waals surface area contributed by atoms with Gasteiger partial charge in [0, 0.05) is 30.8 Å². The molecule has 0 aliphatic carbocycles. The number of hydrogen-bond donors (Lipinski definition) is 1. The fraction of sp³-hybridized carbons (Fsp3) is 0.312. The second-order valence-electron chi connectivity index (χ2n) is 5.33. The average molecular weight is 332 g/mol. The van der Waals surface area contributed by atoms with Crippen LogP contribution in [0.5, 0.6) is 11.8 Å². The molecule has 3 rings (SSSR count). The van der Waals surface area contributed by atoms with E-state index < -0.39 is 0 Å². The number of rotatable bonds is 4. The molecule has 1 unspecified atom stereocenters. The molecule has 1 aromatic carbocycles. The van der Waals surface area contributed by atoms with E-state index in [1.165, 1.54) is 31.4 Å². The first-order chi connectivity index (χ1) is 11.6. The highest BCUT2D eigenvalue weighted by molar-refractivity contribution is 5.89. The van der Waals surface area contributed by atoms with Gasteiger partial charge in [0.2, 0.25) is 11.8 Å². The molecule has 8 heteroatoms. The summed E-state index contributed by atoms with van der Waals surface area (Å²) in [5.74, 6) is 0.457. The maximum Gasteiger partial charge on any atom is 0.321 e. The number of ether oxygens (including phenoxy) is 2. The molecule has 1 atom stereocenters. The summed E-state index contributed by atoms with van der Waals surface area (Å²) in [5.41, 5.74) is 0.548. The summed E-state index contributed by atoms with van der Waals surface area (Å²) in [4.78, 5) is 13.8. The van der Waals surface area contributed by atoms with Crippen LogP contribution in [0.3, 0.4) is 0 Å². The quantitative estimate of drug-likeness (QED) is 0.930. The highest BCUT2D eigenvalue weighted by Gasteiger charge is 2.28. The number of urea groups is 1. The third-order valence-electron chi connectivity index (χ3n) is 3.64.